The average molecular weight is 427 g/mol. The van der Waals surface area contributed by atoms with Crippen molar-refractivity contribution in [3.63, 3.8) is 0 Å². The number of thiazole rings is 1. The van der Waals surface area contributed by atoms with E-state index in [2.05, 4.69) is 4.98 Å². The summed E-state index contributed by atoms with van der Waals surface area (Å²) >= 11 is 7.35. The number of para-hydroxylation sites is 1. The first kappa shape index (κ1) is 19.6. The van der Waals surface area contributed by atoms with Crippen molar-refractivity contribution in [2.75, 3.05) is 11.4 Å². The maximum Gasteiger partial charge on any atom is 0.358 e. The van der Waals surface area contributed by atoms with Crippen LogP contribution in [0.2, 0.25) is 5.02 Å². The highest BCUT2D eigenvalue weighted by molar-refractivity contribution is 7.13. The van der Waals surface area contributed by atoms with Crippen LogP contribution in [0.15, 0.2) is 53.9 Å². The van der Waals surface area contributed by atoms with Crippen molar-refractivity contribution in [2.45, 2.75) is 25.9 Å². The Labute approximate surface area is 177 Å². The van der Waals surface area contributed by atoms with Gasteiger partial charge in [0.15, 0.2) is 11.8 Å². The molecule has 0 saturated heterocycles. The Morgan fingerprint density at radius 1 is 1.21 bits per heavy atom. The van der Waals surface area contributed by atoms with Crippen molar-refractivity contribution in [1.29, 1.82) is 0 Å². The molecule has 0 N–H and O–H groups in total. The third kappa shape index (κ3) is 4.18. The van der Waals surface area contributed by atoms with Crippen molar-refractivity contribution in [3.8, 4) is 10.6 Å². The lowest BCUT2D eigenvalue weighted by molar-refractivity contribution is -0.126. The van der Waals surface area contributed by atoms with Crippen molar-refractivity contribution < 1.29 is 14.3 Å². The van der Waals surface area contributed by atoms with Crippen LogP contribution in [-0.4, -0.2) is 29.5 Å². The van der Waals surface area contributed by atoms with E-state index in [0.29, 0.717) is 16.6 Å². The molecule has 1 amide bonds. The minimum Gasteiger partial charge on any atom is -0.448 e. The molecule has 7 heteroatoms. The summed E-state index contributed by atoms with van der Waals surface area (Å²) < 4.78 is 5.43. The van der Waals surface area contributed by atoms with Gasteiger partial charge in [-0.05, 0) is 43.5 Å². The van der Waals surface area contributed by atoms with Crippen LogP contribution in [0.4, 0.5) is 5.69 Å². The van der Waals surface area contributed by atoms with Crippen LogP contribution in [0.3, 0.4) is 0 Å². The van der Waals surface area contributed by atoms with Crippen LogP contribution in [0.5, 0.6) is 0 Å². The van der Waals surface area contributed by atoms with E-state index in [1.807, 2.05) is 36.4 Å². The maximum atomic E-state index is 12.9. The summed E-state index contributed by atoms with van der Waals surface area (Å²) in [5.74, 6) is -0.837. The first-order chi connectivity index (χ1) is 14.0. The quantitative estimate of drug-likeness (QED) is 0.551. The van der Waals surface area contributed by atoms with Gasteiger partial charge in [0.2, 0.25) is 0 Å². The van der Waals surface area contributed by atoms with Crippen LogP contribution >= 0.6 is 22.9 Å². The predicted molar refractivity (Wildman–Crippen MR) is 115 cm³/mol. The van der Waals surface area contributed by atoms with E-state index in [1.54, 1.807) is 29.3 Å². The number of rotatable bonds is 4. The number of fused-ring (bicyclic) bond motifs is 1. The second kappa shape index (κ2) is 8.35. The average Bonchev–Trinajstić information content (AvgIpc) is 3.23. The number of carbonyl (C=O) groups excluding carboxylic acids is 2. The molecule has 3 aromatic rings. The first-order valence-electron chi connectivity index (χ1n) is 9.34. The Morgan fingerprint density at radius 3 is 2.86 bits per heavy atom. The number of aryl methyl sites for hydroxylation is 1. The molecule has 0 spiro atoms. The van der Waals surface area contributed by atoms with E-state index in [-0.39, 0.29) is 11.6 Å². The Morgan fingerprint density at radius 2 is 2.03 bits per heavy atom. The molecular weight excluding hydrogens is 408 g/mol. The van der Waals surface area contributed by atoms with Gasteiger partial charge >= 0.3 is 5.97 Å². The van der Waals surface area contributed by atoms with Crippen LogP contribution in [0.25, 0.3) is 10.6 Å². The summed E-state index contributed by atoms with van der Waals surface area (Å²) in [7, 11) is 0. The molecule has 1 aliphatic rings. The molecule has 5 nitrogen and oxygen atoms in total. The van der Waals surface area contributed by atoms with Gasteiger partial charge in [-0.1, -0.05) is 41.9 Å². The molecule has 1 aliphatic heterocycles. The Hall–Kier alpha value is -2.70. The molecule has 2 aromatic carbocycles. The van der Waals surface area contributed by atoms with Gasteiger partial charge in [0.05, 0.1) is 0 Å². The zero-order valence-corrected chi connectivity index (χ0v) is 17.4. The molecule has 148 valence electrons. The Balaban J connectivity index is 1.46. The highest BCUT2D eigenvalue weighted by Gasteiger charge is 2.29. The molecule has 0 bridgehead atoms. The fourth-order valence-electron chi connectivity index (χ4n) is 3.37. The minimum atomic E-state index is -0.898. The highest BCUT2D eigenvalue weighted by Crippen LogP contribution is 2.28. The summed E-state index contributed by atoms with van der Waals surface area (Å²) in [6, 6.07) is 15.1. The molecule has 1 aromatic heterocycles. The van der Waals surface area contributed by atoms with Gasteiger partial charge in [0.25, 0.3) is 5.91 Å². The predicted octanol–water partition coefficient (Wildman–Crippen LogP) is 4.99. The Bertz CT molecular complexity index is 1070. The zero-order chi connectivity index (χ0) is 20.4. The van der Waals surface area contributed by atoms with E-state index in [9.17, 15) is 9.59 Å². The van der Waals surface area contributed by atoms with E-state index >= 15 is 0 Å². The van der Waals surface area contributed by atoms with Crippen molar-refractivity contribution >= 4 is 40.5 Å². The molecule has 29 heavy (non-hydrogen) atoms. The number of nitrogens with zero attached hydrogens (tertiary/aromatic N) is 2. The number of carbonyl (C=O) groups is 2. The molecule has 1 unspecified atom stereocenters. The standard InChI is InChI=1S/C22H19ClN2O3S/c1-14(21(26)25-11-5-8-15-6-2-3-10-19(15)25)28-22(27)18-13-29-20(24-18)16-7-4-9-17(23)12-16/h2-4,6-7,9-10,12-14H,5,8,11H2,1H3. The van der Waals surface area contributed by atoms with E-state index in [4.69, 9.17) is 16.3 Å². The normalized spacial score (nSPS) is 14.2. The first-order valence-corrected chi connectivity index (χ1v) is 10.6. The summed E-state index contributed by atoms with van der Waals surface area (Å²) in [5.41, 5.74) is 3.04. The number of benzene rings is 2. The third-order valence-corrected chi connectivity index (χ3v) is 5.92. The molecule has 1 atom stereocenters. The van der Waals surface area contributed by atoms with Gasteiger partial charge in [-0.15, -0.1) is 11.3 Å². The van der Waals surface area contributed by atoms with E-state index < -0.39 is 12.1 Å². The molecule has 0 fully saturated rings. The van der Waals surface area contributed by atoms with E-state index in [1.165, 1.54) is 11.3 Å². The van der Waals surface area contributed by atoms with Crippen LogP contribution < -0.4 is 4.90 Å². The van der Waals surface area contributed by atoms with Gasteiger partial charge in [-0.3, -0.25) is 4.79 Å². The van der Waals surface area contributed by atoms with Crippen molar-refractivity contribution in [3.05, 3.63) is 70.2 Å². The number of aromatic nitrogens is 1. The number of amides is 1. The van der Waals surface area contributed by atoms with Gasteiger partial charge in [-0.2, -0.15) is 0 Å². The number of hydrogen-bond acceptors (Lipinski definition) is 5. The number of ether oxygens (including phenoxy) is 1. The molecule has 0 aliphatic carbocycles. The monoisotopic (exact) mass is 426 g/mol. The molecule has 0 saturated carbocycles. The van der Waals surface area contributed by atoms with Gasteiger partial charge in [0.1, 0.15) is 5.01 Å². The number of hydrogen-bond donors (Lipinski definition) is 0. The van der Waals surface area contributed by atoms with Crippen LogP contribution in [0.1, 0.15) is 29.4 Å². The molecule has 0 radical (unpaired) electrons. The van der Waals surface area contributed by atoms with Gasteiger partial charge < -0.3 is 9.64 Å². The molecule has 4 rings (SSSR count). The van der Waals surface area contributed by atoms with Crippen molar-refractivity contribution in [2.24, 2.45) is 0 Å². The minimum absolute atomic E-state index is 0.184. The van der Waals surface area contributed by atoms with Crippen LogP contribution in [0, 0.1) is 0 Å². The smallest absolute Gasteiger partial charge is 0.358 e. The molecule has 2 heterocycles. The number of halogens is 1. The highest BCUT2D eigenvalue weighted by atomic mass is 35.5. The second-order valence-corrected chi connectivity index (χ2v) is 8.11. The lowest BCUT2D eigenvalue weighted by Crippen LogP contribution is -2.42. The summed E-state index contributed by atoms with van der Waals surface area (Å²) in [6.07, 6.45) is 0.933. The lowest BCUT2D eigenvalue weighted by atomic mass is 10.0. The van der Waals surface area contributed by atoms with Crippen LogP contribution in [-0.2, 0) is 16.0 Å². The largest absolute Gasteiger partial charge is 0.448 e. The summed E-state index contributed by atoms with van der Waals surface area (Å²) in [6.45, 7) is 2.22. The van der Waals surface area contributed by atoms with Gasteiger partial charge in [0, 0.05) is 28.2 Å². The van der Waals surface area contributed by atoms with Gasteiger partial charge in [-0.25, -0.2) is 9.78 Å². The third-order valence-electron chi connectivity index (χ3n) is 4.79. The zero-order valence-electron chi connectivity index (χ0n) is 15.8. The van der Waals surface area contributed by atoms with Crippen molar-refractivity contribution in [1.82, 2.24) is 4.98 Å². The maximum absolute atomic E-state index is 12.9. The fraction of sp³-hybridized carbons (Fsp3) is 0.227. The lowest BCUT2D eigenvalue weighted by Gasteiger charge is -2.31. The summed E-state index contributed by atoms with van der Waals surface area (Å²) in [4.78, 5) is 31.5. The molecular formula is C22H19ClN2O3S. The SMILES string of the molecule is CC(OC(=O)c1csc(-c2cccc(Cl)c2)n1)C(=O)N1CCCc2ccccc21. The number of esters is 1. The topological polar surface area (TPSA) is 59.5 Å². The second-order valence-electron chi connectivity index (χ2n) is 6.82. The summed E-state index contributed by atoms with van der Waals surface area (Å²) in [5, 5.41) is 2.90. The Kier molecular flexibility index (Phi) is 5.65. The van der Waals surface area contributed by atoms with E-state index in [0.717, 1.165) is 29.7 Å². The fourth-order valence-corrected chi connectivity index (χ4v) is 4.35. The number of anilines is 1.